The second-order valence-electron chi connectivity index (χ2n) is 9.28. The number of amides is 1. The SMILES string of the molecule is COc1c(C(=O)NC(C)c2ccccc2)ccc2c1[C@H]1C[C@H]3NCCC[C@H]3CN1CC2. The average Bonchev–Trinajstić information content (AvgIpc) is 2.82. The van der Waals surface area contributed by atoms with Gasteiger partial charge in [-0.05, 0) is 62.3 Å². The third kappa shape index (κ3) is 3.85. The van der Waals surface area contributed by atoms with E-state index in [1.165, 1.54) is 24.0 Å². The Labute approximate surface area is 185 Å². The molecule has 3 heterocycles. The summed E-state index contributed by atoms with van der Waals surface area (Å²) in [4.78, 5) is 15.9. The molecule has 0 bridgehead atoms. The first-order valence-electron chi connectivity index (χ1n) is 11.7. The van der Waals surface area contributed by atoms with Crippen LogP contribution < -0.4 is 15.4 Å². The molecule has 0 saturated carbocycles. The minimum absolute atomic E-state index is 0.0622. The van der Waals surface area contributed by atoms with E-state index in [-0.39, 0.29) is 11.9 Å². The molecule has 2 aromatic carbocycles. The molecule has 5 nitrogen and oxygen atoms in total. The van der Waals surface area contributed by atoms with Gasteiger partial charge in [0.25, 0.3) is 5.91 Å². The van der Waals surface area contributed by atoms with Crippen molar-refractivity contribution >= 4 is 5.91 Å². The molecule has 0 aromatic heterocycles. The fourth-order valence-electron chi connectivity index (χ4n) is 5.87. The van der Waals surface area contributed by atoms with Gasteiger partial charge in [0, 0.05) is 30.7 Å². The van der Waals surface area contributed by atoms with E-state index < -0.39 is 0 Å². The molecule has 2 N–H and O–H groups in total. The summed E-state index contributed by atoms with van der Waals surface area (Å²) in [5, 5.41) is 6.92. The summed E-state index contributed by atoms with van der Waals surface area (Å²) >= 11 is 0. The van der Waals surface area contributed by atoms with Crippen LogP contribution in [0.25, 0.3) is 0 Å². The van der Waals surface area contributed by atoms with Crippen LogP contribution in [0.1, 0.15) is 65.3 Å². The van der Waals surface area contributed by atoms with E-state index >= 15 is 0 Å². The van der Waals surface area contributed by atoms with Gasteiger partial charge in [-0.1, -0.05) is 36.4 Å². The van der Waals surface area contributed by atoms with E-state index in [9.17, 15) is 4.79 Å². The molecule has 2 saturated heterocycles. The summed E-state index contributed by atoms with van der Waals surface area (Å²) in [5.41, 5.74) is 4.31. The number of piperidine rings is 2. The van der Waals surface area contributed by atoms with Crippen LogP contribution in [0.4, 0.5) is 0 Å². The average molecular weight is 420 g/mol. The number of hydrogen-bond donors (Lipinski definition) is 2. The number of nitrogens with one attached hydrogen (secondary N) is 2. The van der Waals surface area contributed by atoms with E-state index in [4.69, 9.17) is 4.74 Å². The minimum atomic E-state index is -0.0717. The first-order chi connectivity index (χ1) is 15.2. The Morgan fingerprint density at radius 2 is 2.06 bits per heavy atom. The van der Waals surface area contributed by atoms with Gasteiger partial charge in [0.2, 0.25) is 0 Å². The van der Waals surface area contributed by atoms with Crippen molar-refractivity contribution in [2.45, 2.75) is 50.7 Å². The summed E-state index contributed by atoms with van der Waals surface area (Å²) in [6.45, 7) is 5.39. The smallest absolute Gasteiger partial charge is 0.255 e. The van der Waals surface area contributed by atoms with Gasteiger partial charge in [-0.15, -0.1) is 0 Å². The lowest BCUT2D eigenvalue weighted by molar-refractivity contribution is 0.0537. The Hall–Kier alpha value is -2.37. The second-order valence-corrected chi connectivity index (χ2v) is 9.28. The van der Waals surface area contributed by atoms with Gasteiger partial charge in [-0.25, -0.2) is 0 Å². The lowest BCUT2D eigenvalue weighted by Crippen LogP contribution is -2.54. The van der Waals surface area contributed by atoms with Crippen LogP contribution >= 0.6 is 0 Å². The van der Waals surface area contributed by atoms with E-state index in [2.05, 4.69) is 21.6 Å². The van der Waals surface area contributed by atoms with Crippen LogP contribution in [0.15, 0.2) is 42.5 Å². The Kier molecular flexibility index (Phi) is 5.72. The monoisotopic (exact) mass is 419 g/mol. The Morgan fingerprint density at radius 1 is 1.23 bits per heavy atom. The number of carbonyl (C=O) groups is 1. The molecule has 164 valence electrons. The predicted molar refractivity (Wildman–Crippen MR) is 122 cm³/mol. The summed E-state index contributed by atoms with van der Waals surface area (Å²) in [5.74, 6) is 1.44. The van der Waals surface area contributed by atoms with E-state index in [0.717, 1.165) is 49.7 Å². The molecule has 0 radical (unpaired) electrons. The van der Waals surface area contributed by atoms with Gasteiger partial charge in [-0.3, -0.25) is 9.69 Å². The van der Waals surface area contributed by atoms with E-state index in [1.807, 2.05) is 43.3 Å². The van der Waals surface area contributed by atoms with Crippen molar-refractivity contribution in [1.29, 1.82) is 0 Å². The number of methoxy groups -OCH3 is 1. The third-order valence-corrected chi connectivity index (χ3v) is 7.50. The number of benzene rings is 2. The van der Waals surface area contributed by atoms with Gasteiger partial charge in [-0.2, -0.15) is 0 Å². The minimum Gasteiger partial charge on any atom is -0.496 e. The summed E-state index contributed by atoms with van der Waals surface area (Å²) in [7, 11) is 1.70. The molecule has 5 heteroatoms. The van der Waals surface area contributed by atoms with Crippen LogP contribution in [0, 0.1) is 5.92 Å². The van der Waals surface area contributed by atoms with Crippen molar-refractivity contribution in [2.24, 2.45) is 5.92 Å². The Morgan fingerprint density at radius 3 is 2.87 bits per heavy atom. The normalized spacial score (nSPS) is 26.2. The van der Waals surface area contributed by atoms with Crippen molar-refractivity contribution in [3.63, 3.8) is 0 Å². The van der Waals surface area contributed by atoms with Gasteiger partial charge >= 0.3 is 0 Å². The molecule has 2 fully saturated rings. The molecule has 0 aliphatic carbocycles. The number of hydrogen-bond acceptors (Lipinski definition) is 4. The van der Waals surface area contributed by atoms with Gasteiger partial charge in [0.05, 0.1) is 18.7 Å². The lowest BCUT2D eigenvalue weighted by Gasteiger charge is -2.49. The molecule has 1 unspecified atom stereocenters. The van der Waals surface area contributed by atoms with Crippen molar-refractivity contribution in [3.05, 3.63) is 64.7 Å². The summed E-state index contributed by atoms with van der Waals surface area (Å²) < 4.78 is 5.93. The molecule has 0 spiro atoms. The van der Waals surface area contributed by atoms with E-state index in [0.29, 0.717) is 17.6 Å². The van der Waals surface area contributed by atoms with Gasteiger partial charge in [0.15, 0.2) is 0 Å². The summed E-state index contributed by atoms with van der Waals surface area (Å²) in [6, 6.07) is 15.0. The Balaban J connectivity index is 1.44. The maximum absolute atomic E-state index is 13.3. The molecule has 5 rings (SSSR count). The molecular weight excluding hydrogens is 386 g/mol. The van der Waals surface area contributed by atoms with Crippen molar-refractivity contribution < 1.29 is 9.53 Å². The number of ether oxygens (including phenoxy) is 1. The van der Waals surface area contributed by atoms with Crippen molar-refractivity contribution in [1.82, 2.24) is 15.5 Å². The Bertz CT molecular complexity index is 945. The molecule has 4 atom stereocenters. The topological polar surface area (TPSA) is 53.6 Å². The third-order valence-electron chi connectivity index (χ3n) is 7.50. The highest BCUT2D eigenvalue weighted by Crippen LogP contribution is 2.45. The van der Waals surface area contributed by atoms with Crippen molar-refractivity contribution in [2.75, 3.05) is 26.7 Å². The molecule has 2 aromatic rings. The van der Waals surface area contributed by atoms with E-state index in [1.54, 1.807) is 7.11 Å². The molecule has 3 aliphatic heterocycles. The molecule has 1 amide bonds. The largest absolute Gasteiger partial charge is 0.496 e. The lowest BCUT2D eigenvalue weighted by atomic mass is 9.77. The maximum Gasteiger partial charge on any atom is 0.255 e. The molecular formula is C26H33N3O2. The predicted octanol–water partition coefficient (Wildman–Crippen LogP) is 3.86. The zero-order valence-electron chi connectivity index (χ0n) is 18.6. The van der Waals surface area contributed by atoms with Gasteiger partial charge < -0.3 is 15.4 Å². The zero-order valence-corrected chi connectivity index (χ0v) is 18.6. The maximum atomic E-state index is 13.3. The molecule has 3 aliphatic rings. The fourth-order valence-corrected chi connectivity index (χ4v) is 5.87. The van der Waals surface area contributed by atoms with Crippen LogP contribution in [0.3, 0.4) is 0 Å². The number of fused-ring (bicyclic) bond motifs is 4. The fraction of sp³-hybridized carbons (Fsp3) is 0.500. The highest BCUT2D eigenvalue weighted by Gasteiger charge is 2.41. The standard InChI is InChI=1S/C26H33N3O2/c1-17(18-7-4-3-5-8-18)28-26(30)21-11-10-19-12-14-29-16-20-9-6-13-27-22(20)15-23(29)24(19)25(21)31-2/h3-5,7-8,10-11,17,20,22-23,27H,6,9,12-16H2,1-2H3,(H,28,30)/t17?,20-,22+,23+/m0/s1. The van der Waals surface area contributed by atoms with Crippen LogP contribution in [-0.2, 0) is 6.42 Å². The summed E-state index contributed by atoms with van der Waals surface area (Å²) in [6.07, 6.45) is 4.73. The van der Waals surface area contributed by atoms with Crippen LogP contribution in [0.5, 0.6) is 5.75 Å². The first-order valence-corrected chi connectivity index (χ1v) is 11.7. The van der Waals surface area contributed by atoms with Crippen LogP contribution in [0.2, 0.25) is 0 Å². The number of nitrogens with zero attached hydrogens (tertiary/aromatic N) is 1. The van der Waals surface area contributed by atoms with Crippen molar-refractivity contribution in [3.8, 4) is 5.75 Å². The zero-order chi connectivity index (χ0) is 21.4. The number of rotatable bonds is 4. The second kappa shape index (κ2) is 8.64. The highest BCUT2D eigenvalue weighted by atomic mass is 16.5. The number of carbonyl (C=O) groups excluding carboxylic acids is 1. The van der Waals surface area contributed by atoms with Gasteiger partial charge in [0.1, 0.15) is 5.75 Å². The first kappa shape index (κ1) is 20.5. The van der Waals surface area contributed by atoms with Crippen LogP contribution in [-0.4, -0.2) is 43.6 Å². The highest BCUT2D eigenvalue weighted by molar-refractivity contribution is 5.98. The molecule has 31 heavy (non-hydrogen) atoms. The quantitative estimate of drug-likeness (QED) is 0.790.